The molecule has 0 aromatic rings. The van der Waals surface area contributed by atoms with Gasteiger partial charge in [0, 0.05) is 11.9 Å². The van der Waals surface area contributed by atoms with Gasteiger partial charge < -0.3 is 5.73 Å². The molecule has 0 rings (SSSR count). The summed E-state index contributed by atoms with van der Waals surface area (Å²) in [5.74, 6) is 0. The third-order valence-electron chi connectivity index (χ3n) is 0.989. The summed E-state index contributed by atoms with van der Waals surface area (Å²) in [7, 11) is 0. The smallest absolute Gasteiger partial charge is 0.0215 e. The van der Waals surface area contributed by atoms with E-state index in [2.05, 4.69) is 22.5 Å². The predicted molar refractivity (Wildman–Crippen MR) is 50.3 cm³/mol. The van der Waals surface area contributed by atoms with Crippen molar-refractivity contribution < 1.29 is 0 Å². The molecule has 56 valence electrons. The van der Waals surface area contributed by atoms with E-state index in [0.717, 1.165) is 10.9 Å². The summed E-state index contributed by atoms with van der Waals surface area (Å²) in [6.45, 7) is 4.14. The summed E-state index contributed by atoms with van der Waals surface area (Å²) in [4.78, 5) is 0. The first-order valence-corrected chi connectivity index (χ1v) is 4.21. The van der Waals surface area contributed by atoms with Crippen molar-refractivity contribution in [3.63, 3.8) is 0 Å². The minimum atomic E-state index is 0.565. The molecule has 0 aliphatic carbocycles. The van der Waals surface area contributed by atoms with Crippen molar-refractivity contribution in [2.24, 2.45) is 5.73 Å². The molecule has 0 aliphatic rings. The van der Waals surface area contributed by atoms with Crippen LogP contribution in [0.1, 0.15) is 0 Å². The fourth-order valence-electron chi connectivity index (χ4n) is 0.539. The molecular weight excluding hydrogens is 190 g/mol. The maximum atomic E-state index is 5.42. The van der Waals surface area contributed by atoms with Gasteiger partial charge in [-0.05, 0) is 5.57 Å². The highest BCUT2D eigenvalue weighted by atomic mass is 79.9. The third kappa shape index (κ3) is 4.53. The number of nitrogens with two attached hydrogens (primary N) is 1. The van der Waals surface area contributed by atoms with Gasteiger partial charge in [0.1, 0.15) is 0 Å². The summed E-state index contributed by atoms with van der Waals surface area (Å²) in [5.41, 5.74) is 6.51. The zero-order chi connectivity index (χ0) is 7.82. The van der Waals surface area contributed by atoms with Crippen LogP contribution in [0.15, 0.2) is 36.5 Å². The maximum absolute atomic E-state index is 5.42. The minimum Gasteiger partial charge on any atom is -0.326 e. The van der Waals surface area contributed by atoms with Gasteiger partial charge in [-0.1, -0.05) is 46.8 Å². The second kappa shape index (κ2) is 6.78. The summed E-state index contributed by atoms with van der Waals surface area (Å²) in [6.07, 6.45) is 7.62. The highest BCUT2D eigenvalue weighted by molar-refractivity contribution is 9.09. The summed E-state index contributed by atoms with van der Waals surface area (Å²) < 4.78 is 0. The van der Waals surface area contributed by atoms with E-state index >= 15 is 0 Å². The van der Waals surface area contributed by atoms with Crippen molar-refractivity contribution in [2.75, 3.05) is 11.9 Å². The Hall–Kier alpha value is -0.340. The number of allylic oxidation sites excluding steroid dienone is 3. The van der Waals surface area contributed by atoms with Crippen molar-refractivity contribution in [2.45, 2.75) is 0 Å². The second-order valence-electron chi connectivity index (χ2n) is 1.74. The normalized spacial score (nSPS) is 12.4. The van der Waals surface area contributed by atoms with Gasteiger partial charge in [0.15, 0.2) is 0 Å². The summed E-state index contributed by atoms with van der Waals surface area (Å²) in [5, 5.41) is 0.863. The molecule has 0 fully saturated rings. The minimum absolute atomic E-state index is 0.565. The fourth-order valence-corrected chi connectivity index (χ4v) is 0.726. The standard InChI is InChI=1S/C8H12BrN/c1-2-4-8(7-10)5-3-6-9/h2-5H,1,6-7,10H2/b5-3-,8-4+. The van der Waals surface area contributed by atoms with Gasteiger partial charge in [-0.3, -0.25) is 0 Å². The van der Waals surface area contributed by atoms with Gasteiger partial charge in [0.2, 0.25) is 0 Å². The Labute approximate surface area is 70.4 Å². The van der Waals surface area contributed by atoms with Crippen molar-refractivity contribution in [1.29, 1.82) is 0 Å². The van der Waals surface area contributed by atoms with Gasteiger partial charge in [0.05, 0.1) is 0 Å². The molecule has 2 N–H and O–H groups in total. The third-order valence-corrected chi connectivity index (χ3v) is 1.36. The van der Waals surface area contributed by atoms with Gasteiger partial charge in [0.25, 0.3) is 0 Å². The SMILES string of the molecule is C=C/C=C(\C=C/CBr)CN. The van der Waals surface area contributed by atoms with E-state index in [0.29, 0.717) is 6.54 Å². The Morgan fingerprint density at radius 3 is 2.70 bits per heavy atom. The van der Waals surface area contributed by atoms with Crippen molar-refractivity contribution >= 4 is 15.9 Å². The van der Waals surface area contributed by atoms with E-state index in [4.69, 9.17) is 5.73 Å². The average Bonchev–Trinajstić information content (AvgIpc) is 1.98. The topological polar surface area (TPSA) is 26.0 Å². The highest BCUT2D eigenvalue weighted by Gasteiger charge is 1.82. The maximum Gasteiger partial charge on any atom is 0.0215 e. The molecule has 0 aromatic heterocycles. The first kappa shape index (κ1) is 9.66. The van der Waals surface area contributed by atoms with Crippen LogP contribution in [-0.4, -0.2) is 11.9 Å². The molecule has 0 spiro atoms. The van der Waals surface area contributed by atoms with Crippen molar-refractivity contribution in [1.82, 2.24) is 0 Å². The largest absolute Gasteiger partial charge is 0.326 e. The van der Waals surface area contributed by atoms with Crippen LogP contribution in [0.25, 0.3) is 0 Å². The lowest BCUT2D eigenvalue weighted by Crippen LogP contribution is -2.00. The molecular formula is C8H12BrN. The van der Waals surface area contributed by atoms with Gasteiger partial charge in [-0.25, -0.2) is 0 Å². The molecule has 0 atom stereocenters. The zero-order valence-electron chi connectivity index (χ0n) is 5.89. The molecule has 0 heterocycles. The van der Waals surface area contributed by atoms with E-state index in [1.54, 1.807) is 6.08 Å². The Morgan fingerprint density at radius 2 is 2.30 bits per heavy atom. The number of halogens is 1. The highest BCUT2D eigenvalue weighted by Crippen LogP contribution is 1.95. The molecule has 0 unspecified atom stereocenters. The lowest BCUT2D eigenvalue weighted by molar-refractivity contribution is 1.19. The monoisotopic (exact) mass is 201 g/mol. The first-order valence-electron chi connectivity index (χ1n) is 3.09. The van der Waals surface area contributed by atoms with Crippen LogP contribution in [0.3, 0.4) is 0 Å². The Kier molecular flexibility index (Phi) is 6.55. The van der Waals surface area contributed by atoms with E-state index in [1.807, 2.05) is 18.2 Å². The number of rotatable bonds is 4. The molecule has 2 heteroatoms. The lowest BCUT2D eigenvalue weighted by atomic mass is 10.2. The van der Waals surface area contributed by atoms with Crippen LogP contribution in [-0.2, 0) is 0 Å². The fraction of sp³-hybridized carbons (Fsp3) is 0.250. The van der Waals surface area contributed by atoms with E-state index in [-0.39, 0.29) is 0 Å². The molecule has 0 aliphatic heterocycles. The zero-order valence-corrected chi connectivity index (χ0v) is 7.47. The molecule has 10 heavy (non-hydrogen) atoms. The first-order chi connectivity index (χ1) is 4.85. The molecule has 0 bridgehead atoms. The van der Waals surface area contributed by atoms with E-state index in [9.17, 15) is 0 Å². The van der Waals surface area contributed by atoms with E-state index < -0.39 is 0 Å². The molecule has 1 nitrogen and oxygen atoms in total. The van der Waals surface area contributed by atoms with Gasteiger partial charge in [-0.15, -0.1) is 0 Å². The van der Waals surface area contributed by atoms with Crippen LogP contribution in [0.2, 0.25) is 0 Å². The van der Waals surface area contributed by atoms with Gasteiger partial charge >= 0.3 is 0 Å². The van der Waals surface area contributed by atoms with Crippen molar-refractivity contribution in [3.8, 4) is 0 Å². The molecule has 0 saturated carbocycles. The van der Waals surface area contributed by atoms with E-state index in [1.165, 1.54) is 0 Å². The Morgan fingerprint density at radius 1 is 1.60 bits per heavy atom. The second-order valence-corrected chi connectivity index (χ2v) is 2.39. The Bertz CT molecular complexity index is 147. The molecule has 0 saturated heterocycles. The predicted octanol–water partition coefficient (Wildman–Crippen LogP) is 2.01. The molecule has 0 radical (unpaired) electrons. The van der Waals surface area contributed by atoms with Crippen LogP contribution < -0.4 is 5.73 Å². The number of hydrogen-bond donors (Lipinski definition) is 1. The summed E-state index contributed by atoms with van der Waals surface area (Å²) >= 11 is 3.28. The number of alkyl halides is 1. The quantitative estimate of drug-likeness (QED) is 0.547. The Balaban J connectivity index is 3.94. The number of hydrogen-bond acceptors (Lipinski definition) is 1. The average molecular weight is 202 g/mol. The molecule has 0 aromatic carbocycles. The molecule has 0 amide bonds. The lowest BCUT2D eigenvalue weighted by Gasteiger charge is -1.92. The van der Waals surface area contributed by atoms with Crippen molar-refractivity contribution in [3.05, 3.63) is 36.5 Å². The summed E-state index contributed by atoms with van der Waals surface area (Å²) in [6, 6.07) is 0. The van der Waals surface area contributed by atoms with Crippen LogP contribution in [0.4, 0.5) is 0 Å². The van der Waals surface area contributed by atoms with Crippen LogP contribution in [0, 0.1) is 0 Å². The van der Waals surface area contributed by atoms with Gasteiger partial charge in [-0.2, -0.15) is 0 Å². The van der Waals surface area contributed by atoms with Crippen LogP contribution >= 0.6 is 15.9 Å². The van der Waals surface area contributed by atoms with Crippen LogP contribution in [0.5, 0.6) is 0 Å².